The third-order valence-electron chi connectivity index (χ3n) is 2.97. The average molecular weight is 292 g/mol. The van der Waals surface area contributed by atoms with Crippen molar-refractivity contribution in [2.45, 2.75) is 24.0 Å². The van der Waals surface area contributed by atoms with Crippen LogP contribution in [-0.4, -0.2) is 11.0 Å². The lowest BCUT2D eigenvalue weighted by Gasteiger charge is -2.12. The van der Waals surface area contributed by atoms with Gasteiger partial charge >= 0.3 is 0 Å². The minimum absolute atomic E-state index is 0.192. The van der Waals surface area contributed by atoms with E-state index in [4.69, 9.17) is 0 Å². The second kappa shape index (κ2) is 6.18. The lowest BCUT2D eigenvalue weighted by Crippen LogP contribution is -2.14. The lowest BCUT2D eigenvalue weighted by atomic mass is 10.1. The van der Waals surface area contributed by atoms with Crippen LogP contribution in [0.25, 0.3) is 0 Å². The Bertz CT molecular complexity index is 640. The normalized spacial score (nSPS) is 12.2. The monoisotopic (exact) mass is 292 g/mol. The number of benzene rings is 2. The highest BCUT2D eigenvalue weighted by molar-refractivity contribution is 8.00. The van der Waals surface area contributed by atoms with Crippen LogP contribution in [0.5, 0.6) is 0 Å². The van der Waals surface area contributed by atoms with Crippen LogP contribution in [0.2, 0.25) is 0 Å². The molecule has 2 rings (SSSR count). The summed E-state index contributed by atoms with van der Waals surface area (Å²) in [5.41, 5.74) is 1.28. The van der Waals surface area contributed by atoms with Gasteiger partial charge < -0.3 is 0 Å². The van der Waals surface area contributed by atoms with Crippen LogP contribution >= 0.6 is 11.8 Å². The minimum Gasteiger partial charge on any atom is -0.293 e. The third kappa shape index (κ3) is 3.25. The summed E-state index contributed by atoms with van der Waals surface area (Å²) >= 11 is 1.42. The maximum atomic E-state index is 13.2. The maximum Gasteiger partial charge on any atom is 0.175 e. The van der Waals surface area contributed by atoms with E-state index in [9.17, 15) is 13.6 Å². The maximum absolute atomic E-state index is 13.2. The fourth-order valence-electron chi connectivity index (χ4n) is 1.82. The Morgan fingerprint density at radius 1 is 1.10 bits per heavy atom. The molecule has 0 fully saturated rings. The molecule has 20 heavy (non-hydrogen) atoms. The molecule has 1 nitrogen and oxygen atoms in total. The van der Waals surface area contributed by atoms with Gasteiger partial charge in [-0.05, 0) is 43.7 Å². The predicted molar refractivity (Wildman–Crippen MR) is 77.2 cm³/mol. The molecule has 0 radical (unpaired) electrons. The van der Waals surface area contributed by atoms with Gasteiger partial charge in [0.25, 0.3) is 0 Å². The Morgan fingerprint density at radius 3 is 2.45 bits per heavy atom. The van der Waals surface area contributed by atoms with Gasteiger partial charge in [-0.25, -0.2) is 8.78 Å². The standard InChI is InChI=1S/C16H14F2OS/c1-10-5-3-4-6-15(10)20-11(2)16(19)12-7-8-13(17)14(18)9-12/h3-9,11H,1-2H3. The van der Waals surface area contributed by atoms with E-state index in [1.807, 2.05) is 31.2 Å². The number of hydrogen-bond donors (Lipinski definition) is 0. The molecule has 2 aromatic carbocycles. The molecule has 0 amide bonds. The number of thioether (sulfide) groups is 1. The van der Waals surface area contributed by atoms with Crippen LogP contribution < -0.4 is 0 Å². The van der Waals surface area contributed by atoms with Gasteiger partial charge in [0.2, 0.25) is 0 Å². The Morgan fingerprint density at radius 2 is 1.80 bits per heavy atom. The molecule has 0 saturated heterocycles. The van der Waals surface area contributed by atoms with Crippen LogP contribution in [0.4, 0.5) is 8.78 Å². The molecule has 0 heterocycles. The number of rotatable bonds is 4. The first kappa shape index (κ1) is 14.7. The number of carbonyl (C=O) groups is 1. The summed E-state index contributed by atoms with van der Waals surface area (Å²) in [6.45, 7) is 3.73. The molecule has 104 valence electrons. The molecule has 2 aromatic rings. The summed E-state index contributed by atoms with van der Waals surface area (Å²) in [6, 6.07) is 11.0. The van der Waals surface area contributed by atoms with E-state index in [1.54, 1.807) is 6.92 Å². The lowest BCUT2D eigenvalue weighted by molar-refractivity contribution is 0.0993. The fraction of sp³-hybridized carbons (Fsp3) is 0.188. The van der Waals surface area contributed by atoms with Crippen molar-refractivity contribution in [3.8, 4) is 0 Å². The number of hydrogen-bond acceptors (Lipinski definition) is 2. The van der Waals surface area contributed by atoms with E-state index in [2.05, 4.69) is 0 Å². The molecular weight excluding hydrogens is 278 g/mol. The number of Topliss-reactive ketones (excluding diaryl/α,β-unsaturated/α-hetero) is 1. The molecular formula is C16H14F2OS. The molecule has 0 aliphatic carbocycles. The molecule has 0 aliphatic heterocycles. The zero-order valence-electron chi connectivity index (χ0n) is 11.2. The summed E-state index contributed by atoms with van der Waals surface area (Å²) < 4.78 is 26.0. The van der Waals surface area contributed by atoms with E-state index in [1.165, 1.54) is 17.8 Å². The van der Waals surface area contributed by atoms with Gasteiger partial charge in [0, 0.05) is 10.5 Å². The molecule has 0 spiro atoms. The molecule has 4 heteroatoms. The number of aryl methyl sites for hydroxylation is 1. The Kier molecular flexibility index (Phi) is 4.55. The summed E-state index contributed by atoms with van der Waals surface area (Å²) in [4.78, 5) is 13.2. The van der Waals surface area contributed by atoms with Crippen molar-refractivity contribution in [1.29, 1.82) is 0 Å². The summed E-state index contributed by atoms with van der Waals surface area (Å²) in [6.07, 6.45) is 0. The molecule has 1 unspecified atom stereocenters. The van der Waals surface area contributed by atoms with Crippen molar-refractivity contribution < 1.29 is 13.6 Å². The highest BCUT2D eigenvalue weighted by Gasteiger charge is 2.18. The largest absolute Gasteiger partial charge is 0.293 e. The Labute approximate surface area is 121 Å². The van der Waals surface area contributed by atoms with Gasteiger partial charge in [-0.15, -0.1) is 11.8 Å². The van der Waals surface area contributed by atoms with Crippen molar-refractivity contribution in [1.82, 2.24) is 0 Å². The van der Waals surface area contributed by atoms with Crippen molar-refractivity contribution in [3.05, 3.63) is 65.2 Å². The van der Waals surface area contributed by atoms with Gasteiger partial charge in [-0.1, -0.05) is 18.2 Å². The Balaban J connectivity index is 2.16. The van der Waals surface area contributed by atoms with E-state index in [0.29, 0.717) is 0 Å². The second-order valence-electron chi connectivity index (χ2n) is 4.52. The van der Waals surface area contributed by atoms with Gasteiger partial charge in [-0.3, -0.25) is 4.79 Å². The summed E-state index contributed by atoms with van der Waals surface area (Å²) in [5.74, 6) is -2.15. The smallest absolute Gasteiger partial charge is 0.175 e. The van der Waals surface area contributed by atoms with Crippen molar-refractivity contribution in [2.24, 2.45) is 0 Å². The number of carbonyl (C=O) groups excluding carboxylic acids is 1. The van der Waals surface area contributed by atoms with E-state index < -0.39 is 11.6 Å². The summed E-state index contributed by atoms with van der Waals surface area (Å²) in [5, 5.41) is -0.360. The van der Waals surface area contributed by atoms with Crippen LogP contribution in [0.3, 0.4) is 0 Å². The van der Waals surface area contributed by atoms with Crippen molar-refractivity contribution in [2.75, 3.05) is 0 Å². The SMILES string of the molecule is Cc1ccccc1SC(C)C(=O)c1ccc(F)c(F)c1. The second-order valence-corrected chi connectivity index (χ2v) is 5.90. The predicted octanol–water partition coefficient (Wildman–Crippen LogP) is 4.64. The van der Waals surface area contributed by atoms with Crippen LogP contribution in [0, 0.1) is 18.6 Å². The van der Waals surface area contributed by atoms with Gasteiger partial charge in [0.05, 0.1) is 5.25 Å². The van der Waals surface area contributed by atoms with E-state index in [0.717, 1.165) is 22.6 Å². The van der Waals surface area contributed by atoms with Crippen molar-refractivity contribution in [3.63, 3.8) is 0 Å². The van der Waals surface area contributed by atoms with Crippen LogP contribution in [0.1, 0.15) is 22.8 Å². The number of ketones is 1. The van der Waals surface area contributed by atoms with Gasteiger partial charge in [0.15, 0.2) is 17.4 Å². The minimum atomic E-state index is -0.996. The molecule has 0 saturated carbocycles. The topological polar surface area (TPSA) is 17.1 Å². The van der Waals surface area contributed by atoms with Gasteiger partial charge in [-0.2, -0.15) is 0 Å². The Hall–Kier alpha value is -1.68. The molecule has 1 atom stereocenters. The van der Waals surface area contributed by atoms with Crippen molar-refractivity contribution >= 4 is 17.5 Å². The molecule has 0 aliphatic rings. The first-order chi connectivity index (χ1) is 9.49. The summed E-state index contributed by atoms with van der Waals surface area (Å²) in [7, 11) is 0. The number of halogens is 2. The first-order valence-corrected chi connectivity index (χ1v) is 7.08. The zero-order valence-corrected chi connectivity index (χ0v) is 12.0. The van der Waals surface area contributed by atoms with E-state index in [-0.39, 0.29) is 16.6 Å². The fourth-order valence-corrected chi connectivity index (χ4v) is 2.85. The third-order valence-corrected chi connectivity index (χ3v) is 4.25. The highest BCUT2D eigenvalue weighted by Crippen LogP contribution is 2.28. The quantitative estimate of drug-likeness (QED) is 0.603. The van der Waals surface area contributed by atoms with Gasteiger partial charge in [0.1, 0.15) is 0 Å². The zero-order chi connectivity index (χ0) is 14.7. The molecule has 0 N–H and O–H groups in total. The first-order valence-electron chi connectivity index (χ1n) is 6.20. The molecule has 0 aromatic heterocycles. The highest BCUT2D eigenvalue weighted by atomic mass is 32.2. The average Bonchev–Trinajstić information content (AvgIpc) is 2.43. The van der Waals surface area contributed by atoms with Crippen LogP contribution in [0.15, 0.2) is 47.4 Å². The van der Waals surface area contributed by atoms with E-state index >= 15 is 0 Å². The van der Waals surface area contributed by atoms with Crippen LogP contribution in [-0.2, 0) is 0 Å². The molecule has 0 bridgehead atoms.